The first-order valence-corrected chi connectivity index (χ1v) is 3.58. The van der Waals surface area contributed by atoms with Gasteiger partial charge >= 0.3 is 0 Å². The van der Waals surface area contributed by atoms with E-state index in [4.69, 9.17) is 15.2 Å². The number of nitrogens with two attached hydrogens (primary N) is 1. The summed E-state index contributed by atoms with van der Waals surface area (Å²) in [4.78, 5) is 0. The fourth-order valence-electron chi connectivity index (χ4n) is 0.714. The third-order valence-electron chi connectivity index (χ3n) is 1.39. The van der Waals surface area contributed by atoms with Gasteiger partial charge in [0, 0.05) is 13.7 Å². The molecule has 0 rings (SSSR count). The predicted octanol–water partition coefficient (Wildman–Crippen LogP) is 0.385. The summed E-state index contributed by atoms with van der Waals surface area (Å²) in [7, 11) is 1.64. The Morgan fingerprint density at radius 2 is 2.10 bits per heavy atom. The van der Waals surface area contributed by atoms with Gasteiger partial charge in [-0.25, -0.2) is 0 Å². The zero-order chi connectivity index (χ0) is 7.98. The molecule has 0 bridgehead atoms. The maximum atomic E-state index is 5.66. The van der Waals surface area contributed by atoms with Crippen molar-refractivity contribution in [2.75, 3.05) is 20.3 Å². The lowest BCUT2D eigenvalue weighted by Crippen LogP contribution is -2.38. The summed E-state index contributed by atoms with van der Waals surface area (Å²) < 4.78 is 10.1. The van der Waals surface area contributed by atoms with Crippen LogP contribution in [0, 0.1) is 0 Å². The summed E-state index contributed by atoms with van der Waals surface area (Å²) in [5.41, 5.74) is 5.66. The van der Waals surface area contributed by atoms with Crippen LogP contribution in [0.4, 0.5) is 0 Å². The minimum Gasteiger partial charge on any atom is -0.383 e. The van der Waals surface area contributed by atoms with Crippen LogP contribution in [0.5, 0.6) is 0 Å². The van der Waals surface area contributed by atoms with E-state index in [0.717, 1.165) is 0 Å². The second kappa shape index (κ2) is 5.65. The number of ether oxygens (including phenoxy) is 2. The minimum atomic E-state index is -0.00931. The molecule has 0 amide bonds. The summed E-state index contributed by atoms with van der Waals surface area (Å²) in [6.07, 6.45) is 0.0879. The van der Waals surface area contributed by atoms with Crippen LogP contribution in [0.15, 0.2) is 0 Å². The van der Waals surface area contributed by atoms with Crippen LogP contribution in [0.1, 0.15) is 13.8 Å². The van der Waals surface area contributed by atoms with Crippen molar-refractivity contribution in [1.82, 2.24) is 0 Å². The Hall–Kier alpha value is -0.120. The van der Waals surface area contributed by atoms with Crippen LogP contribution in [-0.2, 0) is 9.47 Å². The van der Waals surface area contributed by atoms with E-state index >= 15 is 0 Å². The molecule has 0 radical (unpaired) electrons. The van der Waals surface area contributed by atoms with Crippen molar-refractivity contribution in [2.45, 2.75) is 26.0 Å². The molecule has 0 saturated carbocycles. The summed E-state index contributed by atoms with van der Waals surface area (Å²) in [5, 5.41) is 0. The monoisotopic (exact) mass is 147 g/mol. The normalized spacial score (nSPS) is 16.8. The molecule has 0 heterocycles. The highest BCUT2D eigenvalue weighted by atomic mass is 16.5. The van der Waals surface area contributed by atoms with Gasteiger partial charge in [-0.1, -0.05) is 0 Å². The van der Waals surface area contributed by atoms with Gasteiger partial charge in [0.05, 0.1) is 18.8 Å². The highest BCUT2D eigenvalue weighted by Gasteiger charge is 2.10. The minimum absolute atomic E-state index is 0.00931. The number of methoxy groups -OCH3 is 1. The summed E-state index contributed by atoms with van der Waals surface area (Å²) in [5.74, 6) is 0. The van der Waals surface area contributed by atoms with Crippen LogP contribution in [0.2, 0.25) is 0 Å². The molecular formula is C7H17NO2. The largest absolute Gasteiger partial charge is 0.383 e. The van der Waals surface area contributed by atoms with E-state index in [0.29, 0.717) is 13.2 Å². The van der Waals surface area contributed by atoms with Gasteiger partial charge in [0.2, 0.25) is 0 Å². The highest BCUT2D eigenvalue weighted by Crippen LogP contribution is 1.95. The number of rotatable bonds is 5. The second-order valence-corrected chi connectivity index (χ2v) is 2.28. The van der Waals surface area contributed by atoms with Crippen LogP contribution in [-0.4, -0.2) is 32.5 Å². The lowest BCUT2D eigenvalue weighted by atomic mass is 10.2. The van der Waals surface area contributed by atoms with Gasteiger partial charge in [0.1, 0.15) is 0 Å². The molecule has 0 aliphatic heterocycles. The average Bonchev–Trinajstić information content (AvgIpc) is 1.89. The Labute approximate surface area is 62.5 Å². The zero-order valence-corrected chi connectivity index (χ0v) is 6.96. The van der Waals surface area contributed by atoms with Gasteiger partial charge in [-0.05, 0) is 13.8 Å². The van der Waals surface area contributed by atoms with Crippen molar-refractivity contribution < 1.29 is 9.47 Å². The van der Waals surface area contributed by atoms with Gasteiger partial charge in [-0.15, -0.1) is 0 Å². The van der Waals surface area contributed by atoms with Crippen LogP contribution in [0.3, 0.4) is 0 Å². The summed E-state index contributed by atoms with van der Waals surface area (Å²) in [6, 6.07) is -0.00931. The van der Waals surface area contributed by atoms with Crippen molar-refractivity contribution in [3.05, 3.63) is 0 Å². The maximum absolute atomic E-state index is 5.66. The molecule has 2 unspecified atom stereocenters. The molecule has 2 N–H and O–H groups in total. The van der Waals surface area contributed by atoms with Gasteiger partial charge in [-0.3, -0.25) is 0 Å². The standard InChI is InChI=1S/C7H17NO2/c1-4-10-6(2)7(8)5-9-3/h6-7H,4-5,8H2,1-3H3. The molecule has 0 aliphatic carbocycles. The second-order valence-electron chi connectivity index (χ2n) is 2.28. The van der Waals surface area contributed by atoms with E-state index in [-0.39, 0.29) is 12.1 Å². The third-order valence-corrected chi connectivity index (χ3v) is 1.39. The molecular weight excluding hydrogens is 130 g/mol. The molecule has 0 aromatic heterocycles. The average molecular weight is 147 g/mol. The lowest BCUT2D eigenvalue weighted by molar-refractivity contribution is 0.0328. The first-order valence-electron chi connectivity index (χ1n) is 3.58. The SMILES string of the molecule is CCOC(C)C(N)COC. The Morgan fingerprint density at radius 1 is 1.50 bits per heavy atom. The summed E-state index contributed by atoms with van der Waals surface area (Å²) in [6.45, 7) is 5.17. The van der Waals surface area contributed by atoms with E-state index in [1.165, 1.54) is 0 Å². The predicted molar refractivity (Wildman–Crippen MR) is 40.9 cm³/mol. The molecule has 2 atom stereocenters. The van der Waals surface area contributed by atoms with E-state index in [1.807, 2.05) is 13.8 Å². The Kier molecular flexibility index (Phi) is 5.58. The van der Waals surface area contributed by atoms with Crippen LogP contribution >= 0.6 is 0 Å². The first-order chi connectivity index (χ1) is 4.72. The smallest absolute Gasteiger partial charge is 0.0720 e. The first kappa shape index (κ1) is 9.88. The Morgan fingerprint density at radius 3 is 2.50 bits per heavy atom. The maximum Gasteiger partial charge on any atom is 0.0720 e. The topological polar surface area (TPSA) is 44.5 Å². The molecule has 0 saturated heterocycles. The summed E-state index contributed by atoms with van der Waals surface area (Å²) >= 11 is 0. The molecule has 3 heteroatoms. The number of hydrogen-bond donors (Lipinski definition) is 1. The van der Waals surface area contributed by atoms with Crippen molar-refractivity contribution in [3.8, 4) is 0 Å². The van der Waals surface area contributed by atoms with Crippen molar-refractivity contribution in [3.63, 3.8) is 0 Å². The number of hydrogen-bond acceptors (Lipinski definition) is 3. The van der Waals surface area contributed by atoms with Gasteiger partial charge in [0.25, 0.3) is 0 Å². The molecule has 0 aliphatic rings. The van der Waals surface area contributed by atoms with Crippen LogP contribution < -0.4 is 5.73 Å². The van der Waals surface area contributed by atoms with E-state index in [1.54, 1.807) is 7.11 Å². The fraction of sp³-hybridized carbons (Fsp3) is 1.00. The van der Waals surface area contributed by atoms with Gasteiger partial charge < -0.3 is 15.2 Å². The van der Waals surface area contributed by atoms with Gasteiger partial charge in [-0.2, -0.15) is 0 Å². The van der Waals surface area contributed by atoms with E-state index in [2.05, 4.69) is 0 Å². The Bertz CT molecular complexity index is 68.0. The third kappa shape index (κ3) is 3.82. The molecule has 3 nitrogen and oxygen atoms in total. The van der Waals surface area contributed by atoms with E-state index in [9.17, 15) is 0 Å². The molecule has 0 spiro atoms. The van der Waals surface area contributed by atoms with Crippen molar-refractivity contribution in [1.29, 1.82) is 0 Å². The molecule has 62 valence electrons. The van der Waals surface area contributed by atoms with E-state index < -0.39 is 0 Å². The zero-order valence-electron chi connectivity index (χ0n) is 6.96. The molecule has 10 heavy (non-hydrogen) atoms. The molecule has 0 fully saturated rings. The fourth-order valence-corrected chi connectivity index (χ4v) is 0.714. The van der Waals surface area contributed by atoms with Crippen molar-refractivity contribution >= 4 is 0 Å². The quantitative estimate of drug-likeness (QED) is 0.611. The van der Waals surface area contributed by atoms with Gasteiger partial charge in [0.15, 0.2) is 0 Å². The van der Waals surface area contributed by atoms with Crippen LogP contribution in [0.25, 0.3) is 0 Å². The molecule has 0 aromatic carbocycles. The Balaban J connectivity index is 3.38. The van der Waals surface area contributed by atoms with Crippen molar-refractivity contribution in [2.24, 2.45) is 5.73 Å². The lowest BCUT2D eigenvalue weighted by Gasteiger charge is -2.18. The highest BCUT2D eigenvalue weighted by molar-refractivity contribution is 4.67. The molecule has 0 aromatic rings.